The average Bonchev–Trinajstić information content (AvgIpc) is 2.98. The molecule has 0 saturated carbocycles. The highest BCUT2D eigenvalue weighted by molar-refractivity contribution is 5.86. The molecule has 0 aliphatic rings. The van der Waals surface area contributed by atoms with Gasteiger partial charge in [0.25, 0.3) is 0 Å². The number of rotatable bonds is 31. The second-order valence-corrected chi connectivity index (χ2v) is 12.7. The molecule has 0 aliphatic heterocycles. The van der Waals surface area contributed by atoms with Crippen LogP contribution in [0.3, 0.4) is 0 Å². The fourth-order valence-corrected chi connectivity index (χ4v) is 5.57. The first kappa shape index (κ1) is 41.6. The third-order valence-corrected chi connectivity index (χ3v) is 8.35. The van der Waals surface area contributed by atoms with E-state index >= 15 is 0 Å². The summed E-state index contributed by atoms with van der Waals surface area (Å²) in [5.41, 5.74) is 8.28. The van der Waals surface area contributed by atoms with Crippen LogP contribution in [0.5, 0.6) is 0 Å². The van der Waals surface area contributed by atoms with Crippen LogP contribution < -0.4 is 21.7 Å². The first-order valence-electron chi connectivity index (χ1n) is 17.6. The summed E-state index contributed by atoms with van der Waals surface area (Å²) in [4.78, 5) is 13.0. The molecule has 0 rings (SSSR count). The van der Waals surface area contributed by atoms with Crippen LogP contribution >= 0.6 is 0 Å². The van der Waals surface area contributed by atoms with E-state index in [-0.39, 0.29) is 5.91 Å². The number of hydrogen-bond acceptors (Lipinski definition) is 4. The second-order valence-electron chi connectivity index (χ2n) is 12.7. The molecule has 0 bridgehead atoms. The lowest BCUT2D eigenvalue weighted by Gasteiger charge is -2.29. The highest BCUT2D eigenvalue weighted by atomic mass is 16.2. The molecule has 0 aromatic heterocycles. The van der Waals surface area contributed by atoms with Gasteiger partial charge < -0.3 is 21.7 Å². The minimum absolute atomic E-state index is 0.0589. The van der Waals surface area contributed by atoms with Gasteiger partial charge in [0, 0.05) is 6.54 Å². The molecule has 1 amide bonds. The summed E-state index contributed by atoms with van der Waals surface area (Å²) in [6, 6.07) is 0. The SMILES string of the molecule is C=CC[C@@H](CCC=C(C(=C)C)C(=C)C)CCNCCCC[C@@](C)(NC=C)C(=O)NCCC/C=C/CCCCCCCCCN. The molecule has 5 N–H and O–H groups in total. The molecule has 0 aromatic rings. The summed E-state index contributed by atoms with van der Waals surface area (Å²) < 4.78 is 0. The fourth-order valence-electron chi connectivity index (χ4n) is 5.57. The number of nitrogens with two attached hydrogens (primary N) is 1. The summed E-state index contributed by atoms with van der Waals surface area (Å²) in [6.07, 6.45) is 29.8. The van der Waals surface area contributed by atoms with E-state index in [0.717, 1.165) is 101 Å². The maximum Gasteiger partial charge on any atom is 0.245 e. The van der Waals surface area contributed by atoms with Crippen molar-refractivity contribution >= 4 is 5.91 Å². The molecular formula is C39H70N4O. The second kappa shape index (κ2) is 28.1. The highest BCUT2D eigenvalue weighted by Crippen LogP contribution is 2.21. The molecular weight excluding hydrogens is 540 g/mol. The van der Waals surface area contributed by atoms with E-state index in [9.17, 15) is 4.79 Å². The zero-order chi connectivity index (χ0) is 32.9. The van der Waals surface area contributed by atoms with Crippen molar-refractivity contribution < 1.29 is 4.79 Å². The Bertz CT molecular complexity index is 842. The van der Waals surface area contributed by atoms with E-state index in [2.05, 4.69) is 60.5 Å². The quantitative estimate of drug-likeness (QED) is 0.0358. The zero-order valence-corrected chi connectivity index (χ0v) is 29.1. The molecule has 0 saturated heterocycles. The van der Waals surface area contributed by atoms with Crippen LogP contribution in [0.4, 0.5) is 0 Å². The standard InChI is InChI=1S/C39H70N4O/c1-8-25-36(26-24-27-37(34(3)4)35(5)6)28-33-41-31-23-20-29-39(7,43-9-2)38(44)42-32-22-19-17-15-13-11-10-12-14-16-18-21-30-40/h8-9,15,17,27,36,41,43H,1-3,5,10-14,16,18-26,28-33,40H2,4,6-7H3,(H,42,44)/b17-15+/t36-,39+/m0/s1. The largest absolute Gasteiger partial charge is 0.378 e. The lowest BCUT2D eigenvalue weighted by Crippen LogP contribution is -2.53. The Morgan fingerprint density at radius 3 is 2.05 bits per heavy atom. The van der Waals surface area contributed by atoms with Gasteiger partial charge in [-0.3, -0.25) is 4.79 Å². The van der Waals surface area contributed by atoms with Crippen LogP contribution in [-0.2, 0) is 4.79 Å². The summed E-state index contributed by atoms with van der Waals surface area (Å²) in [5, 5.41) is 9.97. The molecule has 5 nitrogen and oxygen atoms in total. The number of nitrogens with one attached hydrogen (secondary N) is 3. The van der Waals surface area contributed by atoms with Gasteiger partial charge in [-0.1, -0.05) is 87.3 Å². The number of unbranched alkanes of at least 4 members (excludes halogenated alkanes) is 9. The molecule has 0 radical (unpaired) electrons. The Morgan fingerprint density at radius 1 is 0.795 bits per heavy atom. The predicted octanol–water partition coefficient (Wildman–Crippen LogP) is 9.21. The van der Waals surface area contributed by atoms with Crippen molar-refractivity contribution in [3.05, 3.63) is 73.5 Å². The first-order chi connectivity index (χ1) is 21.2. The van der Waals surface area contributed by atoms with Crippen LogP contribution in [-0.4, -0.2) is 37.6 Å². The summed E-state index contributed by atoms with van der Waals surface area (Å²) >= 11 is 0. The van der Waals surface area contributed by atoms with Crippen molar-refractivity contribution in [3.8, 4) is 0 Å². The van der Waals surface area contributed by atoms with Crippen LogP contribution in [0.25, 0.3) is 0 Å². The average molecular weight is 611 g/mol. The lowest BCUT2D eigenvalue weighted by atomic mass is 9.93. The third kappa shape index (κ3) is 22.2. The molecule has 0 aliphatic carbocycles. The Balaban J connectivity index is 4.17. The van der Waals surface area contributed by atoms with E-state index in [0.29, 0.717) is 12.5 Å². The third-order valence-electron chi connectivity index (χ3n) is 8.35. The number of amides is 1. The van der Waals surface area contributed by atoms with E-state index in [1.807, 2.05) is 26.8 Å². The summed E-state index contributed by atoms with van der Waals surface area (Å²) in [6.45, 7) is 25.5. The predicted molar refractivity (Wildman–Crippen MR) is 196 cm³/mol. The molecule has 2 atom stereocenters. The molecule has 252 valence electrons. The van der Waals surface area contributed by atoms with Crippen LogP contribution in [0.2, 0.25) is 0 Å². The first-order valence-corrected chi connectivity index (χ1v) is 17.6. The van der Waals surface area contributed by atoms with Gasteiger partial charge in [0.15, 0.2) is 0 Å². The van der Waals surface area contributed by atoms with E-state index in [1.54, 1.807) is 6.20 Å². The van der Waals surface area contributed by atoms with Gasteiger partial charge in [0.2, 0.25) is 5.91 Å². The Morgan fingerprint density at radius 2 is 1.43 bits per heavy atom. The lowest BCUT2D eigenvalue weighted by molar-refractivity contribution is -0.127. The maximum atomic E-state index is 13.0. The number of hydrogen-bond donors (Lipinski definition) is 4. The molecule has 0 heterocycles. The number of carbonyl (C=O) groups is 1. The van der Waals surface area contributed by atoms with Crippen molar-refractivity contribution in [1.82, 2.24) is 16.0 Å². The Kier molecular flexibility index (Phi) is 26.6. The normalized spacial score (nSPS) is 13.2. The van der Waals surface area contributed by atoms with Crippen molar-refractivity contribution in [2.24, 2.45) is 11.7 Å². The van der Waals surface area contributed by atoms with Gasteiger partial charge in [-0.2, -0.15) is 0 Å². The molecule has 0 unspecified atom stereocenters. The van der Waals surface area contributed by atoms with Crippen molar-refractivity contribution in [2.75, 3.05) is 26.2 Å². The maximum absolute atomic E-state index is 13.0. The van der Waals surface area contributed by atoms with Gasteiger partial charge in [-0.25, -0.2) is 0 Å². The Hall–Kier alpha value is -2.37. The van der Waals surface area contributed by atoms with Crippen molar-refractivity contribution in [2.45, 2.75) is 135 Å². The van der Waals surface area contributed by atoms with Gasteiger partial charge in [-0.15, -0.1) is 6.58 Å². The number of carbonyl (C=O) groups excluding carboxylic acids is 1. The summed E-state index contributed by atoms with van der Waals surface area (Å²) in [5.74, 6) is 0.683. The molecule has 0 spiro atoms. The summed E-state index contributed by atoms with van der Waals surface area (Å²) in [7, 11) is 0. The highest BCUT2D eigenvalue weighted by Gasteiger charge is 2.30. The van der Waals surface area contributed by atoms with Gasteiger partial charge in [-0.05, 0) is 135 Å². The van der Waals surface area contributed by atoms with Crippen molar-refractivity contribution in [3.63, 3.8) is 0 Å². The molecule has 5 heteroatoms. The number of allylic oxidation sites excluding steroid dienone is 7. The van der Waals surface area contributed by atoms with Crippen LogP contribution in [0.1, 0.15) is 130 Å². The van der Waals surface area contributed by atoms with Gasteiger partial charge in [0.1, 0.15) is 5.54 Å². The van der Waals surface area contributed by atoms with E-state index < -0.39 is 5.54 Å². The van der Waals surface area contributed by atoms with Gasteiger partial charge in [0.05, 0.1) is 0 Å². The minimum atomic E-state index is -0.628. The van der Waals surface area contributed by atoms with Crippen molar-refractivity contribution in [1.29, 1.82) is 0 Å². The van der Waals surface area contributed by atoms with Gasteiger partial charge >= 0.3 is 0 Å². The monoisotopic (exact) mass is 611 g/mol. The van der Waals surface area contributed by atoms with Crippen LogP contribution in [0.15, 0.2) is 73.5 Å². The van der Waals surface area contributed by atoms with E-state index in [1.165, 1.54) is 44.1 Å². The Labute approximate surface area is 273 Å². The topological polar surface area (TPSA) is 79.2 Å². The molecule has 0 aromatic carbocycles. The molecule has 44 heavy (non-hydrogen) atoms. The minimum Gasteiger partial charge on any atom is -0.378 e. The molecule has 0 fully saturated rings. The van der Waals surface area contributed by atoms with Crippen LogP contribution in [0, 0.1) is 5.92 Å². The zero-order valence-electron chi connectivity index (χ0n) is 29.1. The smallest absolute Gasteiger partial charge is 0.245 e. The van der Waals surface area contributed by atoms with E-state index in [4.69, 9.17) is 5.73 Å². The fraction of sp³-hybridized carbons (Fsp3) is 0.667.